The highest BCUT2D eigenvalue weighted by Gasteiger charge is 2.31. The van der Waals surface area contributed by atoms with E-state index in [9.17, 15) is 13.2 Å². The van der Waals surface area contributed by atoms with Gasteiger partial charge >= 0.3 is 0 Å². The van der Waals surface area contributed by atoms with Gasteiger partial charge < -0.3 is 9.72 Å². The van der Waals surface area contributed by atoms with Crippen molar-refractivity contribution in [3.63, 3.8) is 0 Å². The second-order valence-corrected chi connectivity index (χ2v) is 10.2. The van der Waals surface area contributed by atoms with Crippen LogP contribution in [0, 0.1) is 0 Å². The molecule has 5 rings (SSSR count). The Morgan fingerprint density at radius 3 is 2.59 bits per heavy atom. The third kappa shape index (κ3) is 4.19. The van der Waals surface area contributed by atoms with E-state index in [1.54, 1.807) is 22.9 Å². The molecule has 0 amide bonds. The van der Waals surface area contributed by atoms with E-state index in [1.165, 1.54) is 17.5 Å². The fourth-order valence-electron chi connectivity index (χ4n) is 4.22. The van der Waals surface area contributed by atoms with E-state index in [4.69, 9.17) is 4.74 Å². The molecule has 11 heteroatoms. The smallest absolute Gasteiger partial charge is 0.281 e. The molecule has 4 aromatic rings. The largest absolute Gasteiger partial charge is 0.497 e. The maximum Gasteiger partial charge on any atom is 0.281 e. The molecule has 0 unspecified atom stereocenters. The Labute approximate surface area is 196 Å². The van der Waals surface area contributed by atoms with Crippen molar-refractivity contribution >= 4 is 21.2 Å². The summed E-state index contributed by atoms with van der Waals surface area (Å²) in [5.74, 6) is 0.952. The highest BCUT2D eigenvalue weighted by atomic mass is 32.2. The topological polar surface area (TPSA) is 123 Å². The lowest BCUT2D eigenvalue weighted by Crippen LogP contribution is -2.38. The molecule has 1 N–H and O–H groups in total. The second kappa shape index (κ2) is 8.99. The SMILES string of the molecule is COc1cccc(S(=O)(=O)N2CCC(c3nc4c(nnn4Cc4ccccc4)c(=O)[nH]3)CC2)c1. The van der Waals surface area contributed by atoms with E-state index in [1.807, 2.05) is 30.3 Å². The molecule has 10 nitrogen and oxygen atoms in total. The summed E-state index contributed by atoms with van der Waals surface area (Å²) in [7, 11) is -2.14. The zero-order valence-corrected chi connectivity index (χ0v) is 19.4. The van der Waals surface area contributed by atoms with E-state index < -0.39 is 10.0 Å². The number of ether oxygens (including phenoxy) is 1. The first-order chi connectivity index (χ1) is 16.5. The van der Waals surface area contributed by atoms with Crippen molar-refractivity contribution in [3.8, 4) is 5.75 Å². The fraction of sp³-hybridized carbons (Fsp3) is 0.304. The predicted molar refractivity (Wildman–Crippen MR) is 125 cm³/mol. The number of hydrogen-bond acceptors (Lipinski definition) is 7. The van der Waals surface area contributed by atoms with Crippen LogP contribution in [0.25, 0.3) is 11.2 Å². The number of piperidine rings is 1. The summed E-state index contributed by atoms with van der Waals surface area (Å²) in [5, 5.41) is 8.12. The number of sulfonamides is 1. The van der Waals surface area contributed by atoms with Crippen molar-refractivity contribution in [1.82, 2.24) is 29.3 Å². The molecular weight excluding hydrogens is 456 g/mol. The maximum atomic E-state index is 13.1. The molecule has 0 aliphatic carbocycles. The fourth-order valence-corrected chi connectivity index (χ4v) is 5.73. The molecule has 176 valence electrons. The third-order valence-electron chi connectivity index (χ3n) is 6.09. The van der Waals surface area contributed by atoms with Crippen LogP contribution in [0.1, 0.15) is 30.1 Å². The minimum Gasteiger partial charge on any atom is -0.497 e. The molecule has 0 saturated carbocycles. The van der Waals surface area contributed by atoms with Crippen molar-refractivity contribution in [2.24, 2.45) is 0 Å². The Kier molecular flexibility index (Phi) is 5.88. The van der Waals surface area contributed by atoms with Crippen molar-refractivity contribution in [2.45, 2.75) is 30.2 Å². The average molecular weight is 481 g/mol. The zero-order chi connectivity index (χ0) is 23.7. The number of benzene rings is 2. The lowest BCUT2D eigenvalue weighted by atomic mass is 9.97. The number of nitrogens with one attached hydrogen (secondary N) is 1. The lowest BCUT2D eigenvalue weighted by Gasteiger charge is -2.30. The van der Waals surface area contributed by atoms with Gasteiger partial charge in [0.05, 0.1) is 18.6 Å². The minimum atomic E-state index is -3.64. The van der Waals surface area contributed by atoms with E-state index in [0.29, 0.717) is 49.7 Å². The van der Waals surface area contributed by atoms with Crippen LogP contribution in [0.2, 0.25) is 0 Å². The molecule has 1 aliphatic heterocycles. The molecule has 2 aromatic carbocycles. The van der Waals surface area contributed by atoms with Crippen LogP contribution in [0.3, 0.4) is 0 Å². The van der Waals surface area contributed by atoms with Gasteiger partial charge in [0.25, 0.3) is 5.56 Å². The highest BCUT2D eigenvalue weighted by molar-refractivity contribution is 7.89. The summed E-state index contributed by atoms with van der Waals surface area (Å²) in [5.41, 5.74) is 1.30. The normalized spacial score (nSPS) is 15.6. The number of rotatable bonds is 6. The van der Waals surface area contributed by atoms with Gasteiger partial charge in [-0.2, -0.15) is 4.31 Å². The summed E-state index contributed by atoms with van der Waals surface area (Å²) in [6, 6.07) is 16.2. The second-order valence-electron chi connectivity index (χ2n) is 8.21. The molecule has 1 fully saturated rings. The molecule has 1 saturated heterocycles. The van der Waals surface area contributed by atoms with Gasteiger partial charge in [0.2, 0.25) is 10.0 Å². The van der Waals surface area contributed by atoms with Gasteiger partial charge in [-0.1, -0.05) is 41.6 Å². The van der Waals surface area contributed by atoms with Crippen LogP contribution < -0.4 is 10.3 Å². The molecule has 0 bridgehead atoms. The monoisotopic (exact) mass is 480 g/mol. The molecule has 2 aromatic heterocycles. The summed E-state index contributed by atoms with van der Waals surface area (Å²) in [4.78, 5) is 20.4. The van der Waals surface area contributed by atoms with Crippen molar-refractivity contribution in [3.05, 3.63) is 76.3 Å². The van der Waals surface area contributed by atoms with Crippen molar-refractivity contribution in [1.29, 1.82) is 0 Å². The van der Waals surface area contributed by atoms with Gasteiger partial charge in [-0.05, 0) is 30.5 Å². The summed E-state index contributed by atoms with van der Waals surface area (Å²) < 4.78 is 34.4. The first kappa shape index (κ1) is 22.2. The van der Waals surface area contributed by atoms with E-state index in [2.05, 4.69) is 20.3 Å². The predicted octanol–water partition coefficient (Wildman–Crippen LogP) is 2.14. The van der Waals surface area contributed by atoms with Gasteiger partial charge in [0, 0.05) is 25.1 Å². The van der Waals surface area contributed by atoms with Crippen LogP contribution in [0.5, 0.6) is 5.75 Å². The Morgan fingerprint density at radius 1 is 1.09 bits per heavy atom. The maximum absolute atomic E-state index is 13.1. The molecule has 1 aliphatic rings. The molecule has 0 spiro atoms. The summed E-state index contributed by atoms with van der Waals surface area (Å²) >= 11 is 0. The Bertz CT molecular complexity index is 1470. The molecular formula is C23H24N6O4S. The molecule has 0 radical (unpaired) electrons. The van der Waals surface area contributed by atoms with Gasteiger partial charge in [-0.25, -0.2) is 18.1 Å². The van der Waals surface area contributed by atoms with Gasteiger partial charge in [0.15, 0.2) is 11.2 Å². The number of aromatic nitrogens is 5. The van der Waals surface area contributed by atoms with Gasteiger partial charge in [-0.3, -0.25) is 4.79 Å². The first-order valence-corrected chi connectivity index (χ1v) is 12.4. The standard InChI is InChI=1S/C23H24N6O4S/c1-33-18-8-5-9-19(14-18)34(31,32)28-12-10-17(11-13-28)21-24-22-20(23(30)25-21)26-27-29(22)15-16-6-3-2-4-7-16/h2-9,14,17H,10-13,15H2,1H3,(H,24,25,30). The molecule has 34 heavy (non-hydrogen) atoms. The van der Waals surface area contributed by atoms with Crippen LogP contribution >= 0.6 is 0 Å². The quantitative estimate of drug-likeness (QED) is 0.448. The van der Waals surface area contributed by atoms with Crippen molar-refractivity contribution in [2.75, 3.05) is 20.2 Å². The molecule has 0 atom stereocenters. The van der Waals surface area contributed by atoms with Gasteiger partial charge in [-0.15, -0.1) is 5.10 Å². The Hall–Kier alpha value is -3.57. The Balaban J connectivity index is 1.36. The molecule has 3 heterocycles. The van der Waals surface area contributed by atoms with Crippen LogP contribution in [0.15, 0.2) is 64.3 Å². The number of methoxy groups -OCH3 is 1. The minimum absolute atomic E-state index is 0.0751. The van der Waals surface area contributed by atoms with E-state index >= 15 is 0 Å². The lowest BCUT2D eigenvalue weighted by molar-refractivity contribution is 0.313. The number of nitrogens with zero attached hydrogens (tertiary/aromatic N) is 5. The third-order valence-corrected chi connectivity index (χ3v) is 7.98. The van der Waals surface area contributed by atoms with Gasteiger partial charge in [0.1, 0.15) is 11.6 Å². The van der Waals surface area contributed by atoms with Crippen LogP contribution in [-0.4, -0.2) is 57.9 Å². The average Bonchev–Trinajstić information content (AvgIpc) is 3.28. The van der Waals surface area contributed by atoms with E-state index in [0.717, 1.165) is 5.56 Å². The van der Waals surface area contributed by atoms with Crippen molar-refractivity contribution < 1.29 is 13.2 Å². The first-order valence-electron chi connectivity index (χ1n) is 11.0. The highest BCUT2D eigenvalue weighted by Crippen LogP contribution is 2.30. The van der Waals surface area contributed by atoms with Crippen LogP contribution in [0.4, 0.5) is 0 Å². The summed E-state index contributed by atoms with van der Waals surface area (Å²) in [6.07, 6.45) is 1.08. The Morgan fingerprint density at radius 2 is 1.85 bits per heavy atom. The number of hydrogen-bond donors (Lipinski definition) is 1. The number of aromatic amines is 1. The summed E-state index contributed by atoms with van der Waals surface area (Å²) in [6.45, 7) is 1.10. The number of H-pyrrole nitrogens is 1. The number of fused-ring (bicyclic) bond motifs is 1. The van der Waals surface area contributed by atoms with Crippen LogP contribution in [-0.2, 0) is 16.6 Å². The zero-order valence-electron chi connectivity index (χ0n) is 18.6. The van der Waals surface area contributed by atoms with E-state index in [-0.39, 0.29) is 21.9 Å².